The summed E-state index contributed by atoms with van der Waals surface area (Å²) in [5.41, 5.74) is 7.35. The Morgan fingerprint density at radius 2 is 1.91 bits per heavy atom. The second-order valence-electron chi connectivity index (χ2n) is 6.19. The lowest BCUT2D eigenvalue weighted by atomic mass is 9.90. The zero-order valence-corrected chi connectivity index (χ0v) is 14.4. The lowest BCUT2D eigenvalue weighted by molar-refractivity contribution is -0.134. The molecule has 1 aliphatic rings. The van der Waals surface area contributed by atoms with Gasteiger partial charge in [-0.05, 0) is 43.6 Å². The van der Waals surface area contributed by atoms with Crippen molar-refractivity contribution in [1.82, 2.24) is 4.90 Å². The van der Waals surface area contributed by atoms with Crippen molar-refractivity contribution < 1.29 is 4.79 Å². The Morgan fingerprint density at radius 3 is 2.50 bits per heavy atom. The predicted octanol–water partition coefficient (Wildman–Crippen LogP) is 3.41. The summed E-state index contributed by atoms with van der Waals surface area (Å²) >= 11 is 0. The minimum absolute atomic E-state index is 0. The zero-order chi connectivity index (χ0) is 15.1. The highest BCUT2D eigenvalue weighted by molar-refractivity contribution is 5.85. The highest BCUT2D eigenvalue weighted by Crippen LogP contribution is 2.23. The van der Waals surface area contributed by atoms with E-state index in [1.165, 1.54) is 12.0 Å². The molecule has 1 amide bonds. The van der Waals surface area contributed by atoms with Crippen LogP contribution in [0.1, 0.15) is 44.6 Å². The number of carbonyl (C=O) groups is 1. The SMILES string of the molecule is CCCC(N)C(=O)N1CCC(CCc2ccccc2)CC1.Cl. The van der Waals surface area contributed by atoms with Crippen LogP contribution in [0.25, 0.3) is 0 Å². The molecule has 3 nitrogen and oxygen atoms in total. The van der Waals surface area contributed by atoms with E-state index in [2.05, 4.69) is 37.3 Å². The molecule has 0 bridgehead atoms. The van der Waals surface area contributed by atoms with E-state index in [1.54, 1.807) is 0 Å². The number of rotatable bonds is 6. The van der Waals surface area contributed by atoms with E-state index in [0.717, 1.165) is 51.1 Å². The van der Waals surface area contributed by atoms with Crippen molar-refractivity contribution >= 4 is 18.3 Å². The molecule has 2 N–H and O–H groups in total. The van der Waals surface area contributed by atoms with Gasteiger partial charge in [0.2, 0.25) is 5.91 Å². The first-order valence-corrected chi connectivity index (χ1v) is 8.29. The van der Waals surface area contributed by atoms with Crippen LogP contribution < -0.4 is 5.73 Å². The van der Waals surface area contributed by atoms with Gasteiger partial charge in [-0.2, -0.15) is 0 Å². The van der Waals surface area contributed by atoms with Crippen molar-refractivity contribution in [2.24, 2.45) is 11.7 Å². The number of likely N-dealkylation sites (tertiary alicyclic amines) is 1. The highest BCUT2D eigenvalue weighted by Gasteiger charge is 2.25. The van der Waals surface area contributed by atoms with Gasteiger partial charge in [0.25, 0.3) is 0 Å². The number of halogens is 1. The van der Waals surface area contributed by atoms with E-state index in [4.69, 9.17) is 5.73 Å². The number of amides is 1. The maximum absolute atomic E-state index is 12.2. The number of nitrogens with zero attached hydrogens (tertiary/aromatic N) is 1. The first-order valence-electron chi connectivity index (χ1n) is 8.29. The minimum Gasteiger partial charge on any atom is -0.341 e. The molecule has 1 heterocycles. The van der Waals surface area contributed by atoms with E-state index in [0.29, 0.717) is 0 Å². The van der Waals surface area contributed by atoms with Gasteiger partial charge in [-0.15, -0.1) is 12.4 Å². The average Bonchev–Trinajstić information content (AvgIpc) is 2.54. The largest absolute Gasteiger partial charge is 0.341 e. The van der Waals surface area contributed by atoms with E-state index in [9.17, 15) is 4.79 Å². The Bertz CT molecular complexity index is 430. The summed E-state index contributed by atoms with van der Waals surface area (Å²) in [6, 6.07) is 10.4. The van der Waals surface area contributed by atoms with E-state index < -0.39 is 0 Å². The molecule has 22 heavy (non-hydrogen) atoms. The topological polar surface area (TPSA) is 46.3 Å². The molecule has 1 aliphatic heterocycles. The third kappa shape index (κ3) is 5.62. The standard InChI is InChI=1S/C18H28N2O.ClH/c1-2-6-17(19)18(21)20-13-11-16(12-14-20)10-9-15-7-4-3-5-8-15;/h3-5,7-8,16-17H,2,6,9-14,19H2,1H3;1H. The van der Waals surface area contributed by atoms with Crippen molar-refractivity contribution in [2.45, 2.75) is 51.5 Å². The van der Waals surface area contributed by atoms with Gasteiger partial charge in [0.05, 0.1) is 6.04 Å². The van der Waals surface area contributed by atoms with Crippen molar-refractivity contribution in [2.75, 3.05) is 13.1 Å². The third-order valence-corrected chi connectivity index (χ3v) is 4.53. The van der Waals surface area contributed by atoms with E-state index >= 15 is 0 Å². The van der Waals surface area contributed by atoms with Gasteiger partial charge in [0.15, 0.2) is 0 Å². The Balaban J connectivity index is 0.00000242. The maximum Gasteiger partial charge on any atom is 0.239 e. The molecule has 1 fully saturated rings. The number of piperidine rings is 1. The fraction of sp³-hybridized carbons (Fsp3) is 0.611. The molecule has 4 heteroatoms. The van der Waals surface area contributed by atoms with Crippen LogP contribution in [0.5, 0.6) is 0 Å². The molecule has 1 aromatic rings. The van der Waals surface area contributed by atoms with Crippen LogP contribution in [0.15, 0.2) is 30.3 Å². The zero-order valence-electron chi connectivity index (χ0n) is 13.5. The molecule has 2 rings (SSSR count). The lowest BCUT2D eigenvalue weighted by Crippen LogP contribution is -2.47. The van der Waals surface area contributed by atoms with E-state index in [1.807, 2.05) is 4.90 Å². The first-order chi connectivity index (χ1) is 10.2. The summed E-state index contributed by atoms with van der Waals surface area (Å²) in [4.78, 5) is 14.1. The highest BCUT2D eigenvalue weighted by atomic mass is 35.5. The Morgan fingerprint density at radius 1 is 1.27 bits per heavy atom. The van der Waals surface area contributed by atoms with Crippen molar-refractivity contribution in [1.29, 1.82) is 0 Å². The van der Waals surface area contributed by atoms with Gasteiger partial charge >= 0.3 is 0 Å². The number of hydrogen-bond acceptors (Lipinski definition) is 2. The smallest absolute Gasteiger partial charge is 0.239 e. The predicted molar refractivity (Wildman–Crippen MR) is 94.2 cm³/mol. The van der Waals surface area contributed by atoms with Crippen molar-refractivity contribution in [3.63, 3.8) is 0 Å². The molecule has 1 saturated heterocycles. The van der Waals surface area contributed by atoms with Crippen LogP contribution in [0.4, 0.5) is 0 Å². The fourth-order valence-corrected chi connectivity index (χ4v) is 3.13. The monoisotopic (exact) mass is 324 g/mol. The molecule has 0 saturated carbocycles. The molecule has 0 aromatic heterocycles. The fourth-order valence-electron chi connectivity index (χ4n) is 3.13. The lowest BCUT2D eigenvalue weighted by Gasteiger charge is -2.33. The summed E-state index contributed by atoms with van der Waals surface area (Å²) in [7, 11) is 0. The van der Waals surface area contributed by atoms with Crippen LogP contribution in [0, 0.1) is 5.92 Å². The molecule has 0 spiro atoms. The Labute approximate surface area is 140 Å². The maximum atomic E-state index is 12.2. The van der Waals surface area contributed by atoms with Gasteiger partial charge in [0, 0.05) is 13.1 Å². The quantitative estimate of drug-likeness (QED) is 0.871. The van der Waals surface area contributed by atoms with Crippen LogP contribution in [-0.4, -0.2) is 29.9 Å². The van der Waals surface area contributed by atoms with Crippen LogP contribution in [-0.2, 0) is 11.2 Å². The van der Waals surface area contributed by atoms with Crippen LogP contribution in [0.2, 0.25) is 0 Å². The average molecular weight is 325 g/mol. The van der Waals surface area contributed by atoms with E-state index in [-0.39, 0.29) is 24.4 Å². The van der Waals surface area contributed by atoms with Gasteiger partial charge in [-0.25, -0.2) is 0 Å². The molecule has 1 aromatic carbocycles. The molecular formula is C18H29ClN2O. The minimum atomic E-state index is -0.295. The van der Waals surface area contributed by atoms with Gasteiger partial charge in [-0.3, -0.25) is 4.79 Å². The molecule has 1 atom stereocenters. The third-order valence-electron chi connectivity index (χ3n) is 4.53. The molecule has 0 aliphatic carbocycles. The van der Waals surface area contributed by atoms with Crippen LogP contribution in [0.3, 0.4) is 0 Å². The number of hydrogen-bond donors (Lipinski definition) is 1. The number of benzene rings is 1. The Hall–Kier alpha value is -1.06. The number of nitrogens with two attached hydrogens (primary N) is 1. The van der Waals surface area contributed by atoms with Gasteiger partial charge in [0.1, 0.15) is 0 Å². The Kier molecular flexibility index (Phi) is 8.51. The van der Waals surface area contributed by atoms with Crippen LogP contribution >= 0.6 is 12.4 Å². The molecule has 0 radical (unpaired) electrons. The normalized spacial score (nSPS) is 16.9. The first kappa shape index (κ1) is 19.0. The number of carbonyl (C=O) groups excluding carboxylic acids is 1. The summed E-state index contributed by atoms with van der Waals surface area (Å²) < 4.78 is 0. The molecule has 1 unspecified atom stereocenters. The second kappa shape index (κ2) is 9.86. The summed E-state index contributed by atoms with van der Waals surface area (Å²) in [6.45, 7) is 3.84. The molecular weight excluding hydrogens is 296 g/mol. The van der Waals surface area contributed by atoms with Gasteiger partial charge in [-0.1, -0.05) is 43.7 Å². The molecule has 124 valence electrons. The summed E-state index contributed by atoms with van der Waals surface area (Å²) in [5.74, 6) is 0.898. The van der Waals surface area contributed by atoms with Crippen molar-refractivity contribution in [3.05, 3.63) is 35.9 Å². The van der Waals surface area contributed by atoms with Crippen molar-refractivity contribution in [3.8, 4) is 0 Å². The second-order valence-corrected chi connectivity index (χ2v) is 6.19. The number of aryl methyl sites for hydroxylation is 1. The van der Waals surface area contributed by atoms with Gasteiger partial charge < -0.3 is 10.6 Å². The summed E-state index contributed by atoms with van der Waals surface area (Å²) in [5, 5.41) is 0. The summed E-state index contributed by atoms with van der Waals surface area (Å²) in [6.07, 6.45) is 6.39.